The standard InChI is InChI=1S/C102H66BN5/c1-7-29-67(30-8-1)78-45-27-46-79(68-31-9-2-10-32-68)101(78)107-96-63-73(71-54-59-94-86(61-71)84-43-21-25-51-92(84)104(94)75-37-15-5-16-38-75)53-57-88(96)103-89-58-56-77(106-90-49-23-19-41-82(90)83-42-20-24-50-91(83)106)66-97(89)108(102-80(69-33-11-3-12-34-69)47-28-48-81(102)70-35-13-4-14-36-70)99-65-74(64-98(107)100(99)103)72-55-60-95-87(62-72)85-44-22-26-52-93(85)105(95)76-39-17-6-18-40-76/h1-66H. The third-order valence-electron chi connectivity index (χ3n) is 22.8. The molecule has 17 aromatic carbocycles. The summed E-state index contributed by atoms with van der Waals surface area (Å²) in [6, 6.07) is 150. The number of anilines is 6. The summed E-state index contributed by atoms with van der Waals surface area (Å²) in [5.41, 5.74) is 34.1. The molecule has 20 aromatic rings. The van der Waals surface area contributed by atoms with Crippen molar-refractivity contribution in [2.75, 3.05) is 9.80 Å². The minimum atomic E-state index is -0.270. The number of benzene rings is 17. The van der Waals surface area contributed by atoms with Crippen molar-refractivity contribution in [3.63, 3.8) is 0 Å². The van der Waals surface area contributed by atoms with E-state index in [4.69, 9.17) is 0 Å². The Bertz CT molecular complexity index is 6810. The van der Waals surface area contributed by atoms with Gasteiger partial charge in [-0.1, -0.05) is 297 Å². The first-order chi connectivity index (χ1) is 53.6. The third-order valence-corrected chi connectivity index (χ3v) is 22.8. The maximum Gasteiger partial charge on any atom is 0.252 e. The molecule has 2 aliphatic rings. The smallest absolute Gasteiger partial charge is 0.252 e. The Kier molecular flexibility index (Phi) is 14.0. The molecule has 0 N–H and O–H groups in total. The SMILES string of the molecule is c1ccc(-c2cccc(-c3ccccc3)c2N2c3cc(-c4ccc5c(c4)c4ccccc4n5-c4ccccc4)ccc3B3c4ccc(-n5c6ccccc6c6ccccc65)cc4N(c4c(-c5ccccc5)cccc4-c4ccccc4)c4cc(-c5ccc6c(c5)c5ccccc5n6-c5ccccc5)cc2c43)cc1. The highest BCUT2D eigenvalue weighted by Crippen LogP contribution is 2.55. The van der Waals surface area contributed by atoms with Crippen molar-refractivity contribution < 1.29 is 0 Å². The summed E-state index contributed by atoms with van der Waals surface area (Å²) in [6.07, 6.45) is 0. The monoisotopic (exact) mass is 1370 g/mol. The fourth-order valence-corrected chi connectivity index (χ4v) is 18.1. The number of rotatable bonds is 11. The predicted octanol–water partition coefficient (Wildman–Crippen LogP) is 25.1. The summed E-state index contributed by atoms with van der Waals surface area (Å²) in [7, 11) is 0. The molecule has 5 heterocycles. The van der Waals surface area contributed by atoms with Gasteiger partial charge >= 0.3 is 0 Å². The number of aromatic nitrogens is 3. The van der Waals surface area contributed by atoms with E-state index in [1.165, 1.54) is 59.7 Å². The maximum atomic E-state index is 2.69. The van der Waals surface area contributed by atoms with Gasteiger partial charge in [-0.2, -0.15) is 0 Å². The third kappa shape index (κ3) is 9.53. The summed E-state index contributed by atoms with van der Waals surface area (Å²) >= 11 is 0. The van der Waals surface area contributed by atoms with Gasteiger partial charge in [0, 0.05) is 94.4 Å². The van der Waals surface area contributed by atoms with Crippen LogP contribution in [0.4, 0.5) is 34.1 Å². The van der Waals surface area contributed by atoms with Crippen LogP contribution in [0.25, 0.3) is 149 Å². The van der Waals surface area contributed by atoms with E-state index in [2.05, 4.69) is 424 Å². The molecule has 6 heteroatoms. The highest BCUT2D eigenvalue weighted by Gasteiger charge is 2.46. The number of hydrogen-bond donors (Lipinski definition) is 0. The first-order valence-electron chi connectivity index (χ1n) is 37.3. The molecule has 0 saturated heterocycles. The topological polar surface area (TPSA) is 21.3 Å². The fraction of sp³-hybridized carbons (Fsp3) is 0. The zero-order chi connectivity index (χ0) is 70.9. The second kappa shape index (κ2) is 24.7. The summed E-state index contributed by atoms with van der Waals surface area (Å²) in [5.74, 6) is 0. The van der Waals surface area contributed by atoms with Crippen molar-refractivity contribution in [2.24, 2.45) is 0 Å². The average molecular weight is 1370 g/mol. The van der Waals surface area contributed by atoms with E-state index >= 15 is 0 Å². The van der Waals surface area contributed by atoms with Crippen LogP contribution in [0.5, 0.6) is 0 Å². The molecular formula is C102H66BN5. The fourth-order valence-electron chi connectivity index (χ4n) is 18.1. The highest BCUT2D eigenvalue weighted by atomic mass is 15.2. The minimum Gasteiger partial charge on any atom is -0.310 e. The lowest BCUT2D eigenvalue weighted by Gasteiger charge is -2.46. The van der Waals surface area contributed by atoms with Crippen LogP contribution in [-0.2, 0) is 0 Å². The summed E-state index contributed by atoms with van der Waals surface area (Å²) < 4.78 is 7.33. The van der Waals surface area contributed by atoms with Crippen molar-refractivity contribution in [1.82, 2.24) is 13.7 Å². The van der Waals surface area contributed by atoms with Gasteiger partial charge in [-0.3, -0.25) is 0 Å². The van der Waals surface area contributed by atoms with Crippen molar-refractivity contribution in [2.45, 2.75) is 0 Å². The van der Waals surface area contributed by atoms with E-state index in [1.54, 1.807) is 0 Å². The van der Waals surface area contributed by atoms with Crippen LogP contribution < -0.4 is 26.2 Å². The lowest BCUT2D eigenvalue weighted by atomic mass is 9.33. The minimum absolute atomic E-state index is 0.270. The average Bonchev–Trinajstić information content (AvgIpc) is 0.981. The van der Waals surface area contributed by atoms with Gasteiger partial charge in [0.2, 0.25) is 0 Å². The van der Waals surface area contributed by atoms with Crippen LogP contribution in [-0.4, -0.2) is 20.4 Å². The zero-order valence-corrected chi connectivity index (χ0v) is 58.9. The van der Waals surface area contributed by atoms with Crippen LogP contribution in [0.15, 0.2) is 400 Å². The Morgan fingerprint density at radius 1 is 0.176 bits per heavy atom. The molecule has 3 aromatic heterocycles. The zero-order valence-electron chi connectivity index (χ0n) is 58.9. The van der Waals surface area contributed by atoms with E-state index < -0.39 is 0 Å². The molecule has 0 fully saturated rings. The van der Waals surface area contributed by atoms with Gasteiger partial charge in [0.15, 0.2) is 0 Å². The first-order valence-corrected chi connectivity index (χ1v) is 37.3. The molecule has 2 aliphatic heterocycles. The first kappa shape index (κ1) is 61.3. The van der Waals surface area contributed by atoms with Gasteiger partial charge in [-0.25, -0.2) is 0 Å². The molecule has 0 radical (unpaired) electrons. The number of nitrogens with zero attached hydrogens (tertiary/aromatic N) is 5. The van der Waals surface area contributed by atoms with Crippen LogP contribution >= 0.6 is 0 Å². The Labute approximate surface area is 626 Å². The molecule has 108 heavy (non-hydrogen) atoms. The lowest BCUT2D eigenvalue weighted by Crippen LogP contribution is -2.61. The van der Waals surface area contributed by atoms with Crippen molar-refractivity contribution in [3.8, 4) is 83.8 Å². The molecule has 0 aliphatic carbocycles. The Hall–Kier alpha value is -14.2. The summed E-state index contributed by atoms with van der Waals surface area (Å²) in [6.45, 7) is -0.270. The van der Waals surface area contributed by atoms with Gasteiger partial charge < -0.3 is 23.5 Å². The highest BCUT2D eigenvalue weighted by molar-refractivity contribution is 7.00. The number of hydrogen-bond acceptors (Lipinski definition) is 2. The summed E-state index contributed by atoms with van der Waals surface area (Å²) in [5, 5.41) is 7.24. The maximum absolute atomic E-state index is 2.69. The van der Waals surface area contributed by atoms with Crippen LogP contribution in [0.3, 0.4) is 0 Å². The Morgan fingerprint density at radius 2 is 0.472 bits per heavy atom. The van der Waals surface area contributed by atoms with E-state index in [0.29, 0.717) is 0 Å². The van der Waals surface area contributed by atoms with Gasteiger partial charge in [-0.15, -0.1) is 0 Å². The Balaban J connectivity index is 0.898. The number of fused-ring (bicyclic) bond motifs is 13. The molecule has 0 amide bonds. The van der Waals surface area contributed by atoms with Gasteiger partial charge in [-0.05, 0) is 164 Å². The van der Waals surface area contributed by atoms with E-state index in [-0.39, 0.29) is 6.71 Å². The Morgan fingerprint density at radius 3 is 0.880 bits per heavy atom. The molecule has 0 saturated carbocycles. The van der Waals surface area contributed by atoms with Crippen molar-refractivity contribution in [1.29, 1.82) is 0 Å². The molecule has 0 spiro atoms. The van der Waals surface area contributed by atoms with Gasteiger partial charge in [0.1, 0.15) is 0 Å². The van der Waals surface area contributed by atoms with Gasteiger partial charge in [0.25, 0.3) is 6.71 Å². The molecule has 22 rings (SSSR count). The quantitative estimate of drug-likeness (QED) is 0.120. The molecule has 0 atom stereocenters. The second-order valence-electron chi connectivity index (χ2n) is 28.6. The van der Waals surface area contributed by atoms with Gasteiger partial charge in [0.05, 0.1) is 44.5 Å². The lowest BCUT2D eigenvalue weighted by molar-refractivity contribution is 1.17. The van der Waals surface area contributed by atoms with Crippen LogP contribution in [0.1, 0.15) is 0 Å². The van der Waals surface area contributed by atoms with E-state index in [0.717, 1.165) is 140 Å². The second-order valence-corrected chi connectivity index (χ2v) is 28.6. The largest absolute Gasteiger partial charge is 0.310 e. The molecule has 502 valence electrons. The van der Waals surface area contributed by atoms with Crippen molar-refractivity contribution >= 4 is 123 Å². The number of para-hydroxylation sites is 8. The molecule has 5 nitrogen and oxygen atoms in total. The van der Waals surface area contributed by atoms with E-state index in [9.17, 15) is 0 Å². The van der Waals surface area contributed by atoms with Crippen molar-refractivity contribution in [3.05, 3.63) is 400 Å². The predicted molar refractivity (Wildman–Crippen MR) is 456 cm³/mol. The molecular weight excluding hydrogens is 1310 g/mol. The summed E-state index contributed by atoms with van der Waals surface area (Å²) in [4.78, 5) is 5.38. The molecule has 0 bridgehead atoms. The molecule has 0 unspecified atom stereocenters. The van der Waals surface area contributed by atoms with E-state index in [1.807, 2.05) is 0 Å². The van der Waals surface area contributed by atoms with Crippen LogP contribution in [0.2, 0.25) is 0 Å². The normalized spacial score (nSPS) is 12.4. The van der Waals surface area contributed by atoms with Crippen LogP contribution in [0, 0.1) is 0 Å².